The summed E-state index contributed by atoms with van der Waals surface area (Å²) in [6.07, 6.45) is 3.76. The number of carbonyl (C=O) groups is 1. The van der Waals surface area contributed by atoms with Gasteiger partial charge >= 0.3 is 6.03 Å². The number of nitrogens with zero attached hydrogens (tertiary/aromatic N) is 3. The van der Waals surface area contributed by atoms with Gasteiger partial charge in [-0.15, -0.1) is 0 Å². The average Bonchev–Trinajstić information content (AvgIpc) is 3.19. The number of amides is 2. The Morgan fingerprint density at radius 1 is 1.00 bits per heavy atom. The molecule has 2 amide bonds. The molecule has 144 valence electrons. The molecule has 7 heteroatoms. The highest BCUT2D eigenvalue weighted by Gasteiger charge is 2.13. The lowest BCUT2D eigenvalue weighted by Crippen LogP contribution is -2.20. The number of anilines is 2. The molecule has 0 radical (unpaired) electrons. The number of aromatic nitrogens is 3. The quantitative estimate of drug-likeness (QED) is 0.520. The van der Waals surface area contributed by atoms with E-state index >= 15 is 0 Å². The highest BCUT2D eigenvalue weighted by atomic mass is 16.5. The van der Waals surface area contributed by atoms with Crippen molar-refractivity contribution in [3.05, 3.63) is 90.1 Å². The molecule has 2 heterocycles. The Bertz CT molecular complexity index is 1120. The molecule has 7 nitrogen and oxygen atoms in total. The van der Waals surface area contributed by atoms with E-state index in [2.05, 4.69) is 25.8 Å². The lowest BCUT2D eigenvalue weighted by atomic mass is 10.1. The molecule has 29 heavy (non-hydrogen) atoms. The van der Waals surface area contributed by atoms with Gasteiger partial charge in [-0.1, -0.05) is 35.5 Å². The molecular weight excluding hydrogens is 366 g/mol. The van der Waals surface area contributed by atoms with E-state index in [0.29, 0.717) is 23.8 Å². The molecule has 0 saturated heterocycles. The summed E-state index contributed by atoms with van der Waals surface area (Å²) in [5.74, 6) is 0.968. The van der Waals surface area contributed by atoms with E-state index in [1.54, 1.807) is 12.4 Å². The predicted molar refractivity (Wildman–Crippen MR) is 111 cm³/mol. The van der Waals surface area contributed by atoms with E-state index in [9.17, 15) is 4.79 Å². The van der Waals surface area contributed by atoms with Crippen molar-refractivity contribution < 1.29 is 9.32 Å². The molecule has 2 N–H and O–H groups in total. The standard InChI is InChI=1S/C22H19N5O2/c1-15-5-4-7-18(13-15)24-22(28)25-19-8-3-2-6-17(19)14-20-26-21(27-29-20)16-9-11-23-12-10-16/h2-13H,14H2,1H3,(H2,24,25,28). The summed E-state index contributed by atoms with van der Waals surface area (Å²) in [5.41, 5.74) is 4.19. The first kappa shape index (κ1) is 18.4. The molecule has 2 aromatic heterocycles. The summed E-state index contributed by atoms with van der Waals surface area (Å²) >= 11 is 0. The van der Waals surface area contributed by atoms with Crippen molar-refractivity contribution in [3.8, 4) is 11.4 Å². The molecule has 4 rings (SSSR count). The molecular formula is C22H19N5O2. The van der Waals surface area contributed by atoms with Gasteiger partial charge in [-0.2, -0.15) is 4.98 Å². The maximum Gasteiger partial charge on any atom is 0.323 e. The van der Waals surface area contributed by atoms with Gasteiger partial charge in [0.25, 0.3) is 0 Å². The van der Waals surface area contributed by atoms with Gasteiger partial charge in [-0.25, -0.2) is 4.79 Å². The van der Waals surface area contributed by atoms with Crippen molar-refractivity contribution in [1.29, 1.82) is 0 Å². The number of nitrogens with one attached hydrogen (secondary N) is 2. The van der Waals surface area contributed by atoms with Crippen LogP contribution in [0.15, 0.2) is 77.6 Å². The van der Waals surface area contributed by atoms with Gasteiger partial charge in [0.05, 0.1) is 6.42 Å². The largest absolute Gasteiger partial charge is 0.339 e. The molecule has 2 aromatic carbocycles. The molecule has 0 aliphatic rings. The molecule has 0 aliphatic heterocycles. The van der Waals surface area contributed by atoms with Crippen molar-refractivity contribution in [2.24, 2.45) is 0 Å². The first-order chi connectivity index (χ1) is 14.2. The zero-order chi connectivity index (χ0) is 20.1. The first-order valence-corrected chi connectivity index (χ1v) is 9.13. The van der Waals surface area contributed by atoms with Gasteiger partial charge in [0.15, 0.2) is 0 Å². The minimum atomic E-state index is -0.314. The SMILES string of the molecule is Cc1cccc(NC(=O)Nc2ccccc2Cc2nc(-c3ccncc3)no2)c1. The normalized spacial score (nSPS) is 10.5. The number of para-hydroxylation sites is 1. The van der Waals surface area contributed by atoms with Crippen molar-refractivity contribution >= 4 is 17.4 Å². The monoisotopic (exact) mass is 385 g/mol. The molecule has 0 fully saturated rings. The van der Waals surface area contributed by atoms with Crippen LogP contribution in [-0.2, 0) is 6.42 Å². The summed E-state index contributed by atoms with van der Waals surface area (Å²) < 4.78 is 5.38. The molecule has 0 bridgehead atoms. The van der Waals surface area contributed by atoms with Crippen LogP contribution in [0.25, 0.3) is 11.4 Å². The van der Waals surface area contributed by atoms with Crippen LogP contribution < -0.4 is 10.6 Å². The van der Waals surface area contributed by atoms with Crippen LogP contribution in [-0.4, -0.2) is 21.2 Å². The van der Waals surface area contributed by atoms with Gasteiger partial charge in [0.1, 0.15) is 0 Å². The molecule has 0 atom stereocenters. The fourth-order valence-electron chi connectivity index (χ4n) is 2.91. The van der Waals surface area contributed by atoms with Crippen molar-refractivity contribution in [3.63, 3.8) is 0 Å². The molecule has 0 unspecified atom stereocenters. The van der Waals surface area contributed by atoms with E-state index < -0.39 is 0 Å². The van der Waals surface area contributed by atoms with E-state index in [4.69, 9.17) is 4.52 Å². The van der Waals surface area contributed by atoms with Crippen LogP contribution in [0.3, 0.4) is 0 Å². The number of aryl methyl sites for hydroxylation is 1. The van der Waals surface area contributed by atoms with Crippen molar-refractivity contribution in [2.75, 3.05) is 10.6 Å². The smallest absolute Gasteiger partial charge is 0.323 e. The maximum absolute atomic E-state index is 12.4. The van der Waals surface area contributed by atoms with Crippen LogP contribution in [0.5, 0.6) is 0 Å². The number of carbonyl (C=O) groups excluding carboxylic acids is 1. The van der Waals surface area contributed by atoms with Crippen LogP contribution in [0, 0.1) is 6.92 Å². The zero-order valence-electron chi connectivity index (χ0n) is 15.8. The second kappa shape index (κ2) is 8.35. The highest BCUT2D eigenvalue weighted by molar-refractivity contribution is 6.00. The van der Waals surface area contributed by atoms with Crippen molar-refractivity contribution in [2.45, 2.75) is 13.3 Å². The zero-order valence-corrected chi connectivity index (χ0v) is 15.8. The topological polar surface area (TPSA) is 92.9 Å². The Kier molecular flexibility index (Phi) is 5.29. The minimum Gasteiger partial charge on any atom is -0.339 e. The second-order valence-electron chi connectivity index (χ2n) is 6.53. The van der Waals surface area contributed by atoms with Gasteiger partial charge in [0.2, 0.25) is 11.7 Å². The third-order valence-electron chi connectivity index (χ3n) is 4.29. The minimum absolute atomic E-state index is 0.314. The number of rotatable bonds is 5. The van der Waals surface area contributed by atoms with Gasteiger partial charge in [-0.05, 0) is 48.4 Å². The molecule has 0 saturated carbocycles. The van der Waals surface area contributed by atoms with E-state index in [1.165, 1.54) is 0 Å². The van der Waals surface area contributed by atoms with E-state index in [0.717, 1.165) is 22.4 Å². The average molecular weight is 385 g/mol. The third-order valence-corrected chi connectivity index (χ3v) is 4.29. The Labute approximate surface area is 167 Å². The lowest BCUT2D eigenvalue weighted by molar-refractivity contribution is 0.262. The number of hydrogen-bond donors (Lipinski definition) is 2. The van der Waals surface area contributed by atoms with Crippen LogP contribution >= 0.6 is 0 Å². The van der Waals surface area contributed by atoms with Gasteiger partial charge in [-0.3, -0.25) is 4.98 Å². The molecule has 4 aromatic rings. The van der Waals surface area contributed by atoms with E-state index in [-0.39, 0.29) is 6.03 Å². The highest BCUT2D eigenvalue weighted by Crippen LogP contribution is 2.21. The molecule has 0 aliphatic carbocycles. The summed E-state index contributed by atoms with van der Waals surface area (Å²) in [7, 11) is 0. The predicted octanol–water partition coefficient (Wildman–Crippen LogP) is 4.67. The third kappa shape index (κ3) is 4.65. The summed E-state index contributed by atoms with van der Waals surface area (Å²) in [6, 6.07) is 18.5. The Morgan fingerprint density at radius 2 is 1.83 bits per heavy atom. The van der Waals surface area contributed by atoms with Crippen molar-refractivity contribution in [1.82, 2.24) is 15.1 Å². The van der Waals surface area contributed by atoms with E-state index in [1.807, 2.05) is 67.6 Å². The van der Waals surface area contributed by atoms with Gasteiger partial charge < -0.3 is 15.2 Å². The summed E-state index contributed by atoms with van der Waals surface area (Å²) in [4.78, 5) is 20.8. The summed E-state index contributed by atoms with van der Waals surface area (Å²) in [6.45, 7) is 1.98. The van der Waals surface area contributed by atoms with Crippen LogP contribution in [0.4, 0.5) is 16.2 Å². The molecule has 0 spiro atoms. The van der Waals surface area contributed by atoms with Gasteiger partial charge in [0, 0.05) is 29.3 Å². The fourth-order valence-corrected chi connectivity index (χ4v) is 2.91. The number of urea groups is 1. The number of hydrogen-bond acceptors (Lipinski definition) is 5. The Morgan fingerprint density at radius 3 is 2.66 bits per heavy atom. The Hall–Kier alpha value is -4.00. The fraction of sp³-hybridized carbons (Fsp3) is 0.0909. The van der Waals surface area contributed by atoms with Crippen LogP contribution in [0.2, 0.25) is 0 Å². The number of benzene rings is 2. The summed E-state index contributed by atoms with van der Waals surface area (Å²) in [5, 5.41) is 9.75. The maximum atomic E-state index is 12.4. The number of pyridine rings is 1. The van der Waals surface area contributed by atoms with Crippen LogP contribution in [0.1, 0.15) is 17.0 Å². The Balaban J connectivity index is 1.47. The second-order valence-corrected chi connectivity index (χ2v) is 6.53. The first-order valence-electron chi connectivity index (χ1n) is 9.13. The lowest BCUT2D eigenvalue weighted by Gasteiger charge is -2.11.